The summed E-state index contributed by atoms with van der Waals surface area (Å²) in [7, 11) is 0. The van der Waals surface area contributed by atoms with E-state index in [1.54, 1.807) is 12.1 Å². The van der Waals surface area contributed by atoms with Crippen LogP contribution in [0.25, 0.3) is 0 Å². The molecule has 0 aliphatic carbocycles. The van der Waals surface area contributed by atoms with E-state index in [9.17, 15) is 9.28 Å². The highest BCUT2D eigenvalue weighted by Crippen LogP contribution is 2.12. The zero-order valence-electron chi connectivity index (χ0n) is 7.27. The summed E-state index contributed by atoms with van der Waals surface area (Å²) in [6.07, 6.45) is -0.0137. The van der Waals surface area contributed by atoms with Gasteiger partial charge in [-0.3, -0.25) is 4.79 Å². The highest BCUT2D eigenvalue weighted by atomic mass is 19.2. The maximum absolute atomic E-state index is 12.0. The third-order valence-electron chi connectivity index (χ3n) is 1.78. The normalized spacial score (nSPS) is 12.4. The second kappa shape index (κ2) is 4.57. The zero-order valence-corrected chi connectivity index (χ0v) is 7.27. The number of carboxylic acids is 1. The predicted molar refractivity (Wildman–Crippen MR) is 47.5 cm³/mol. The van der Waals surface area contributed by atoms with Gasteiger partial charge in [0.05, 0.1) is 0 Å². The lowest BCUT2D eigenvalue weighted by Crippen LogP contribution is -2.33. The van der Waals surface area contributed by atoms with Gasteiger partial charge in [-0.25, -0.2) is 0 Å². The van der Waals surface area contributed by atoms with Gasteiger partial charge in [0.1, 0.15) is 11.8 Å². The number of halogens is 1. The standard InChI is InChI=1S/C9H10FNO3/c10-11-8(9(13)14)5-6-2-1-3-7(12)4-6/h1-4,8,11-12H,5H2,(H,13,14). The highest BCUT2D eigenvalue weighted by Gasteiger charge is 2.17. The number of carboxylic acid groups (broad SMARTS) is 1. The Morgan fingerprint density at radius 1 is 1.57 bits per heavy atom. The number of carbonyl (C=O) groups is 1. The van der Waals surface area contributed by atoms with Crippen LogP contribution in [0.5, 0.6) is 5.75 Å². The second-order valence-electron chi connectivity index (χ2n) is 2.87. The SMILES string of the molecule is O=C(O)C(Cc1cccc(O)c1)NF. The molecule has 0 fully saturated rings. The Morgan fingerprint density at radius 3 is 2.79 bits per heavy atom. The number of nitrogens with one attached hydrogen (secondary N) is 1. The molecule has 1 unspecified atom stereocenters. The van der Waals surface area contributed by atoms with Crippen LogP contribution in [0.15, 0.2) is 24.3 Å². The van der Waals surface area contributed by atoms with Gasteiger partial charge in [0.15, 0.2) is 0 Å². The topological polar surface area (TPSA) is 69.6 Å². The van der Waals surface area contributed by atoms with E-state index in [0.717, 1.165) is 0 Å². The van der Waals surface area contributed by atoms with Crippen molar-refractivity contribution >= 4 is 5.97 Å². The van der Waals surface area contributed by atoms with Gasteiger partial charge in [-0.1, -0.05) is 12.1 Å². The lowest BCUT2D eigenvalue weighted by molar-refractivity contribution is -0.140. The molecule has 0 heterocycles. The Hall–Kier alpha value is -1.62. The molecule has 1 aromatic rings. The third kappa shape index (κ3) is 2.70. The molecule has 3 N–H and O–H groups in total. The number of hydrogen-bond acceptors (Lipinski definition) is 3. The quantitative estimate of drug-likeness (QED) is 0.629. The van der Waals surface area contributed by atoms with Crippen molar-refractivity contribution < 1.29 is 19.5 Å². The van der Waals surface area contributed by atoms with Gasteiger partial charge >= 0.3 is 5.97 Å². The molecule has 0 saturated carbocycles. The Balaban J connectivity index is 2.72. The Kier molecular flexibility index (Phi) is 3.41. The number of phenolic OH excluding ortho intramolecular Hbond substituents is 1. The van der Waals surface area contributed by atoms with Crippen LogP contribution in [-0.4, -0.2) is 22.2 Å². The second-order valence-corrected chi connectivity index (χ2v) is 2.87. The minimum atomic E-state index is -1.28. The molecule has 0 amide bonds. The molecule has 1 rings (SSSR count). The molecule has 0 spiro atoms. The van der Waals surface area contributed by atoms with Gasteiger partial charge in [0.25, 0.3) is 0 Å². The molecule has 4 nitrogen and oxygen atoms in total. The monoisotopic (exact) mass is 199 g/mol. The van der Waals surface area contributed by atoms with E-state index in [2.05, 4.69) is 0 Å². The van der Waals surface area contributed by atoms with E-state index in [1.807, 2.05) is 0 Å². The summed E-state index contributed by atoms with van der Waals surface area (Å²) in [5.74, 6) is -1.23. The number of hydrogen-bond donors (Lipinski definition) is 3. The summed E-state index contributed by atoms with van der Waals surface area (Å²) in [6.45, 7) is 0. The Morgan fingerprint density at radius 2 is 2.29 bits per heavy atom. The summed E-state index contributed by atoms with van der Waals surface area (Å²) < 4.78 is 12.0. The molecule has 0 saturated heterocycles. The molecule has 0 aromatic heterocycles. The molecule has 0 aliphatic heterocycles. The Bertz CT molecular complexity index is 330. The minimum absolute atomic E-state index is 0.0137. The van der Waals surface area contributed by atoms with E-state index in [-0.39, 0.29) is 12.2 Å². The van der Waals surface area contributed by atoms with Crippen molar-refractivity contribution in [2.24, 2.45) is 0 Å². The average Bonchev–Trinajstić information content (AvgIpc) is 2.14. The fourth-order valence-corrected chi connectivity index (χ4v) is 1.09. The number of benzene rings is 1. The van der Waals surface area contributed by atoms with E-state index < -0.39 is 12.0 Å². The lowest BCUT2D eigenvalue weighted by Gasteiger charge is -2.08. The average molecular weight is 199 g/mol. The molecule has 0 aliphatic rings. The fraction of sp³-hybridized carbons (Fsp3) is 0.222. The first-order valence-electron chi connectivity index (χ1n) is 4.00. The minimum Gasteiger partial charge on any atom is -0.508 e. The largest absolute Gasteiger partial charge is 0.508 e. The third-order valence-corrected chi connectivity index (χ3v) is 1.78. The molecule has 14 heavy (non-hydrogen) atoms. The summed E-state index contributed by atoms with van der Waals surface area (Å²) in [5, 5.41) is 17.6. The van der Waals surface area contributed by atoms with E-state index in [0.29, 0.717) is 5.56 Å². The zero-order chi connectivity index (χ0) is 10.6. The fourth-order valence-electron chi connectivity index (χ4n) is 1.09. The van der Waals surface area contributed by atoms with Gasteiger partial charge in [-0.2, -0.15) is 0 Å². The maximum Gasteiger partial charge on any atom is 0.323 e. The van der Waals surface area contributed by atoms with Crippen molar-refractivity contribution in [1.29, 1.82) is 0 Å². The summed E-state index contributed by atoms with van der Waals surface area (Å²) in [4.78, 5) is 10.5. The molecule has 0 radical (unpaired) electrons. The summed E-state index contributed by atoms with van der Waals surface area (Å²) in [6, 6.07) is 4.77. The molecular weight excluding hydrogens is 189 g/mol. The van der Waals surface area contributed by atoms with Gasteiger partial charge in [0, 0.05) is 6.42 Å². The van der Waals surface area contributed by atoms with Crippen molar-refractivity contribution in [3.63, 3.8) is 0 Å². The first-order chi connectivity index (χ1) is 6.63. The molecule has 1 aromatic carbocycles. The van der Waals surface area contributed by atoms with Crippen molar-refractivity contribution in [2.75, 3.05) is 0 Å². The Labute approximate surface area is 79.9 Å². The summed E-state index contributed by atoms with van der Waals surface area (Å²) >= 11 is 0. The molecule has 5 heteroatoms. The van der Waals surface area contributed by atoms with E-state index >= 15 is 0 Å². The number of phenols is 1. The van der Waals surface area contributed by atoms with Crippen LogP contribution in [0.2, 0.25) is 0 Å². The highest BCUT2D eigenvalue weighted by molar-refractivity contribution is 5.73. The lowest BCUT2D eigenvalue weighted by atomic mass is 10.1. The van der Waals surface area contributed by atoms with Crippen LogP contribution >= 0.6 is 0 Å². The van der Waals surface area contributed by atoms with Crippen LogP contribution in [0.4, 0.5) is 4.48 Å². The summed E-state index contributed by atoms with van der Waals surface area (Å²) in [5.41, 5.74) is 1.75. The van der Waals surface area contributed by atoms with E-state index in [4.69, 9.17) is 10.2 Å². The van der Waals surface area contributed by atoms with Crippen LogP contribution in [-0.2, 0) is 11.2 Å². The molecule has 1 atom stereocenters. The van der Waals surface area contributed by atoms with Crippen LogP contribution in [0.3, 0.4) is 0 Å². The van der Waals surface area contributed by atoms with Crippen molar-refractivity contribution in [3.8, 4) is 5.75 Å². The van der Waals surface area contributed by atoms with Crippen molar-refractivity contribution in [2.45, 2.75) is 12.5 Å². The first-order valence-corrected chi connectivity index (χ1v) is 4.00. The van der Waals surface area contributed by atoms with Crippen molar-refractivity contribution in [1.82, 2.24) is 5.54 Å². The number of aliphatic carboxylic acids is 1. The van der Waals surface area contributed by atoms with Crippen molar-refractivity contribution in [3.05, 3.63) is 29.8 Å². The van der Waals surface area contributed by atoms with Crippen LogP contribution < -0.4 is 5.54 Å². The predicted octanol–water partition coefficient (Wildman–Crippen LogP) is 0.862. The molecule has 0 bridgehead atoms. The molecule has 76 valence electrons. The van der Waals surface area contributed by atoms with Gasteiger partial charge < -0.3 is 10.2 Å². The number of aromatic hydroxyl groups is 1. The van der Waals surface area contributed by atoms with Crippen LogP contribution in [0.1, 0.15) is 5.56 Å². The first kappa shape index (κ1) is 10.5. The smallest absolute Gasteiger partial charge is 0.323 e. The molecular formula is C9H10FNO3. The maximum atomic E-state index is 12.0. The number of rotatable bonds is 4. The van der Waals surface area contributed by atoms with Gasteiger partial charge in [-0.05, 0) is 17.7 Å². The van der Waals surface area contributed by atoms with E-state index in [1.165, 1.54) is 17.7 Å². The van der Waals surface area contributed by atoms with Crippen LogP contribution in [0, 0.1) is 0 Å². The van der Waals surface area contributed by atoms with Gasteiger partial charge in [-0.15, -0.1) is 10.0 Å². The van der Waals surface area contributed by atoms with Gasteiger partial charge in [0.2, 0.25) is 0 Å².